The molecule has 0 radical (unpaired) electrons. The summed E-state index contributed by atoms with van der Waals surface area (Å²) in [5.74, 6) is 0.933. The molecule has 1 aliphatic heterocycles. The van der Waals surface area contributed by atoms with Gasteiger partial charge in [-0.05, 0) is 84.7 Å². The predicted molar refractivity (Wildman–Crippen MR) is 132 cm³/mol. The first-order valence-electron chi connectivity index (χ1n) is 12.0. The molecule has 3 aromatic rings. The Kier molecular flexibility index (Phi) is 7.90. The molecule has 4 rings (SSSR count). The molecule has 3 aromatic carbocycles. The lowest BCUT2D eigenvalue weighted by Crippen LogP contribution is -2.13. The maximum atomic E-state index is 11.1. The van der Waals surface area contributed by atoms with Crippen molar-refractivity contribution in [2.24, 2.45) is 0 Å². The number of benzene rings is 3. The van der Waals surface area contributed by atoms with E-state index in [-0.39, 0.29) is 5.78 Å². The van der Waals surface area contributed by atoms with Gasteiger partial charge in [0.25, 0.3) is 0 Å². The number of ketones is 1. The molecule has 2 heteroatoms. The van der Waals surface area contributed by atoms with Gasteiger partial charge < -0.3 is 9.53 Å². The van der Waals surface area contributed by atoms with Gasteiger partial charge in [0.05, 0.1) is 0 Å². The number of carbonyl (C=O) groups is 1. The number of Topliss-reactive ketones (excluding diaryl/α,β-unsaturated/α-hetero) is 1. The molecule has 1 aliphatic rings. The second kappa shape index (κ2) is 11.2. The van der Waals surface area contributed by atoms with Crippen LogP contribution in [0.2, 0.25) is 0 Å². The Morgan fingerprint density at radius 2 is 1.47 bits per heavy atom. The van der Waals surface area contributed by atoms with E-state index in [9.17, 15) is 4.79 Å². The van der Waals surface area contributed by atoms with Crippen LogP contribution in [0.5, 0.6) is 0 Å². The normalized spacial score (nSPS) is 14.4. The van der Waals surface area contributed by atoms with Crippen LogP contribution in [0.1, 0.15) is 67.2 Å². The van der Waals surface area contributed by atoms with Crippen molar-refractivity contribution in [1.82, 2.24) is 0 Å². The first-order valence-corrected chi connectivity index (χ1v) is 12.0. The summed E-state index contributed by atoms with van der Waals surface area (Å²) in [5, 5.41) is 0. The summed E-state index contributed by atoms with van der Waals surface area (Å²) in [6.07, 6.45) is 7.02. The van der Waals surface area contributed by atoms with Crippen LogP contribution < -0.4 is 0 Å². The number of ether oxygens (including phenoxy) is 1. The van der Waals surface area contributed by atoms with Gasteiger partial charge >= 0.3 is 0 Å². The maximum Gasteiger partial charge on any atom is 0.129 e. The Balaban J connectivity index is 1.34. The minimum atomic E-state index is 0.289. The monoisotopic (exact) mass is 426 g/mol. The molecule has 0 saturated carbocycles. The summed E-state index contributed by atoms with van der Waals surface area (Å²) in [5.41, 5.74) is 8.04. The van der Waals surface area contributed by atoms with Crippen molar-refractivity contribution >= 4 is 5.78 Å². The van der Waals surface area contributed by atoms with Gasteiger partial charge in [0.1, 0.15) is 5.78 Å². The van der Waals surface area contributed by atoms with Crippen LogP contribution in [0.4, 0.5) is 0 Å². The van der Waals surface area contributed by atoms with Crippen LogP contribution in [-0.2, 0) is 22.4 Å². The van der Waals surface area contributed by atoms with E-state index in [2.05, 4.69) is 72.8 Å². The van der Waals surface area contributed by atoms with Crippen LogP contribution in [0.15, 0.2) is 72.8 Å². The standard InChI is InChI=1S/C30H34O2/c1-23(31)5-2-3-6-24-7-4-8-26(21-24)22-25-9-11-27(12-10-25)28-13-15-29(16-14-28)30-17-19-32-20-18-30/h4,7-16,21,30H,2-3,5-6,17-20,22H2,1H3. The molecule has 166 valence electrons. The summed E-state index contributed by atoms with van der Waals surface area (Å²) in [7, 11) is 0. The Morgan fingerprint density at radius 1 is 0.812 bits per heavy atom. The second-order valence-corrected chi connectivity index (χ2v) is 9.11. The van der Waals surface area contributed by atoms with Gasteiger partial charge in [-0.3, -0.25) is 0 Å². The summed E-state index contributed by atoms with van der Waals surface area (Å²) >= 11 is 0. The number of hydrogen-bond donors (Lipinski definition) is 0. The average Bonchev–Trinajstić information content (AvgIpc) is 2.83. The minimum Gasteiger partial charge on any atom is -0.381 e. The van der Waals surface area contributed by atoms with Crippen molar-refractivity contribution in [2.45, 2.75) is 57.8 Å². The van der Waals surface area contributed by atoms with Crippen LogP contribution >= 0.6 is 0 Å². The summed E-state index contributed by atoms with van der Waals surface area (Å²) in [4.78, 5) is 11.1. The molecular formula is C30H34O2. The van der Waals surface area contributed by atoms with Crippen LogP contribution in [0, 0.1) is 0 Å². The first kappa shape index (κ1) is 22.5. The van der Waals surface area contributed by atoms with Crippen LogP contribution in [0.25, 0.3) is 11.1 Å². The van der Waals surface area contributed by atoms with E-state index in [1.807, 2.05) is 0 Å². The van der Waals surface area contributed by atoms with Gasteiger partial charge in [0.15, 0.2) is 0 Å². The molecule has 0 unspecified atom stereocenters. The van der Waals surface area contributed by atoms with Gasteiger partial charge in [-0.1, -0.05) is 72.8 Å². The van der Waals surface area contributed by atoms with E-state index in [4.69, 9.17) is 4.74 Å². The van der Waals surface area contributed by atoms with Crippen molar-refractivity contribution in [2.75, 3.05) is 13.2 Å². The fourth-order valence-corrected chi connectivity index (χ4v) is 4.63. The summed E-state index contributed by atoms with van der Waals surface area (Å²) in [6.45, 7) is 3.45. The molecule has 1 fully saturated rings. The van der Waals surface area contributed by atoms with Crippen molar-refractivity contribution in [3.63, 3.8) is 0 Å². The molecule has 0 aliphatic carbocycles. The highest BCUT2D eigenvalue weighted by molar-refractivity contribution is 5.75. The van der Waals surface area contributed by atoms with Crippen molar-refractivity contribution in [3.8, 4) is 11.1 Å². The van der Waals surface area contributed by atoms with E-state index in [1.165, 1.54) is 33.4 Å². The average molecular weight is 427 g/mol. The van der Waals surface area contributed by atoms with E-state index < -0.39 is 0 Å². The zero-order valence-electron chi connectivity index (χ0n) is 19.2. The second-order valence-electron chi connectivity index (χ2n) is 9.11. The van der Waals surface area contributed by atoms with Gasteiger partial charge in [0.2, 0.25) is 0 Å². The van der Waals surface area contributed by atoms with Crippen molar-refractivity contribution < 1.29 is 9.53 Å². The summed E-state index contributed by atoms with van der Waals surface area (Å²) < 4.78 is 5.49. The minimum absolute atomic E-state index is 0.289. The Hall–Kier alpha value is -2.71. The maximum absolute atomic E-state index is 11.1. The molecular weight excluding hydrogens is 392 g/mol. The third-order valence-corrected chi connectivity index (χ3v) is 6.53. The van der Waals surface area contributed by atoms with Gasteiger partial charge in [-0.2, -0.15) is 0 Å². The topological polar surface area (TPSA) is 26.3 Å². The van der Waals surface area contributed by atoms with E-state index >= 15 is 0 Å². The van der Waals surface area contributed by atoms with Gasteiger partial charge in [0, 0.05) is 19.6 Å². The lowest BCUT2D eigenvalue weighted by Gasteiger charge is -2.22. The van der Waals surface area contributed by atoms with Crippen molar-refractivity contribution in [3.05, 3.63) is 95.1 Å². The van der Waals surface area contributed by atoms with Gasteiger partial charge in [-0.15, -0.1) is 0 Å². The quantitative estimate of drug-likeness (QED) is 0.340. The zero-order chi connectivity index (χ0) is 22.2. The molecule has 0 spiro atoms. The van der Waals surface area contributed by atoms with Crippen LogP contribution in [-0.4, -0.2) is 19.0 Å². The first-order chi connectivity index (χ1) is 15.7. The zero-order valence-corrected chi connectivity index (χ0v) is 19.2. The number of unbranched alkanes of at least 4 members (excludes halogenated alkanes) is 1. The molecule has 2 nitrogen and oxygen atoms in total. The largest absolute Gasteiger partial charge is 0.381 e. The third kappa shape index (κ3) is 6.40. The molecule has 32 heavy (non-hydrogen) atoms. The predicted octanol–water partition coefficient (Wildman–Crippen LogP) is 7.14. The molecule has 0 amide bonds. The fraction of sp³-hybridized carbons (Fsp3) is 0.367. The van der Waals surface area contributed by atoms with Crippen LogP contribution in [0.3, 0.4) is 0 Å². The highest BCUT2D eigenvalue weighted by Crippen LogP contribution is 2.29. The van der Waals surface area contributed by atoms with Gasteiger partial charge in [-0.25, -0.2) is 0 Å². The Labute approximate surface area is 192 Å². The highest BCUT2D eigenvalue weighted by atomic mass is 16.5. The number of rotatable bonds is 9. The molecule has 0 N–H and O–H groups in total. The lowest BCUT2D eigenvalue weighted by atomic mass is 9.90. The molecule has 0 aromatic heterocycles. The van der Waals surface area contributed by atoms with E-state index in [0.717, 1.165) is 51.7 Å². The lowest BCUT2D eigenvalue weighted by molar-refractivity contribution is -0.117. The van der Waals surface area contributed by atoms with Crippen molar-refractivity contribution in [1.29, 1.82) is 0 Å². The molecule has 1 heterocycles. The SMILES string of the molecule is CC(=O)CCCCc1cccc(Cc2ccc(-c3ccc(C4CCOCC4)cc3)cc2)c1. The molecule has 0 bridgehead atoms. The number of hydrogen-bond acceptors (Lipinski definition) is 2. The molecule has 0 atom stereocenters. The third-order valence-electron chi connectivity index (χ3n) is 6.53. The molecule has 1 saturated heterocycles. The summed E-state index contributed by atoms with van der Waals surface area (Å²) in [6, 6.07) is 27.0. The van der Waals surface area contributed by atoms with E-state index in [1.54, 1.807) is 6.92 Å². The number of aryl methyl sites for hydroxylation is 1. The Bertz CT molecular complexity index is 996. The van der Waals surface area contributed by atoms with E-state index in [0.29, 0.717) is 12.3 Å². The highest BCUT2D eigenvalue weighted by Gasteiger charge is 2.15. The number of carbonyl (C=O) groups excluding carboxylic acids is 1. The smallest absolute Gasteiger partial charge is 0.129 e. The fourth-order valence-electron chi connectivity index (χ4n) is 4.63. The Morgan fingerprint density at radius 3 is 2.16 bits per heavy atom.